The van der Waals surface area contributed by atoms with Gasteiger partial charge in [0.15, 0.2) is 0 Å². The van der Waals surface area contributed by atoms with Gasteiger partial charge < -0.3 is 15.1 Å². The maximum Gasteiger partial charge on any atom is 0.254 e. The molecule has 0 atom stereocenters. The second-order valence-corrected chi connectivity index (χ2v) is 6.96. The Labute approximate surface area is 162 Å². The van der Waals surface area contributed by atoms with Gasteiger partial charge in [0.05, 0.1) is 5.57 Å². The number of hydrogen-bond donors (Lipinski definition) is 1. The first-order valence-corrected chi connectivity index (χ1v) is 9.97. The summed E-state index contributed by atoms with van der Waals surface area (Å²) in [7, 11) is 0. The van der Waals surface area contributed by atoms with E-state index in [0.29, 0.717) is 37.6 Å². The minimum absolute atomic E-state index is 0.0407. The number of amidine groups is 1. The van der Waals surface area contributed by atoms with Crippen molar-refractivity contribution in [2.45, 2.75) is 52.0 Å². The first-order valence-electron chi connectivity index (χ1n) is 9.97. The Kier molecular flexibility index (Phi) is 8.30. The predicted octanol–water partition coefficient (Wildman–Crippen LogP) is 2.64. The smallest absolute Gasteiger partial charge is 0.254 e. The van der Waals surface area contributed by atoms with Crippen LogP contribution in [0.5, 0.6) is 0 Å². The van der Waals surface area contributed by atoms with E-state index >= 15 is 0 Å². The second-order valence-electron chi connectivity index (χ2n) is 6.96. The SMILES string of the molecule is C=CC(=O)N1CCN(C(=N\C=C/C)/C(=C/CCC)C(=O)NC2CCC2)CC1. The third-order valence-electron chi connectivity index (χ3n) is 4.97. The van der Waals surface area contributed by atoms with Gasteiger partial charge in [-0.2, -0.15) is 0 Å². The zero-order valence-corrected chi connectivity index (χ0v) is 16.6. The van der Waals surface area contributed by atoms with Crippen molar-refractivity contribution >= 4 is 17.6 Å². The maximum absolute atomic E-state index is 12.9. The van der Waals surface area contributed by atoms with E-state index in [0.717, 1.165) is 25.7 Å². The monoisotopic (exact) mass is 372 g/mol. The van der Waals surface area contributed by atoms with Crippen molar-refractivity contribution in [3.63, 3.8) is 0 Å². The molecule has 1 aliphatic heterocycles. The topological polar surface area (TPSA) is 65.0 Å². The van der Waals surface area contributed by atoms with Crippen molar-refractivity contribution in [2.24, 2.45) is 4.99 Å². The third kappa shape index (κ3) is 5.81. The molecular formula is C21H32N4O2. The average Bonchev–Trinajstić information content (AvgIpc) is 2.66. The molecule has 1 heterocycles. The highest BCUT2D eigenvalue weighted by atomic mass is 16.2. The summed E-state index contributed by atoms with van der Waals surface area (Å²) < 4.78 is 0. The van der Waals surface area contributed by atoms with Crippen molar-refractivity contribution in [3.8, 4) is 0 Å². The van der Waals surface area contributed by atoms with Gasteiger partial charge in [0.25, 0.3) is 5.91 Å². The molecule has 2 amide bonds. The molecule has 2 fully saturated rings. The molecule has 6 heteroatoms. The molecule has 148 valence electrons. The zero-order valence-electron chi connectivity index (χ0n) is 16.6. The molecular weight excluding hydrogens is 340 g/mol. The van der Waals surface area contributed by atoms with E-state index in [-0.39, 0.29) is 17.9 Å². The Morgan fingerprint density at radius 3 is 2.37 bits per heavy atom. The normalized spacial score (nSPS) is 19.2. The van der Waals surface area contributed by atoms with E-state index in [2.05, 4.69) is 28.7 Å². The largest absolute Gasteiger partial charge is 0.352 e. The van der Waals surface area contributed by atoms with E-state index in [1.807, 2.05) is 19.1 Å². The number of unbranched alkanes of at least 4 members (excludes halogenated alkanes) is 1. The number of rotatable bonds is 7. The molecule has 1 saturated carbocycles. The lowest BCUT2D eigenvalue weighted by Gasteiger charge is -2.37. The minimum atomic E-state index is -0.0499. The van der Waals surface area contributed by atoms with Crippen molar-refractivity contribution < 1.29 is 9.59 Å². The van der Waals surface area contributed by atoms with Crippen LogP contribution in [0.4, 0.5) is 0 Å². The Hall–Kier alpha value is -2.37. The number of piperazine rings is 1. The maximum atomic E-state index is 12.9. The summed E-state index contributed by atoms with van der Waals surface area (Å²) in [6.07, 6.45) is 12.0. The molecule has 0 radical (unpaired) electrons. The highest BCUT2D eigenvalue weighted by Gasteiger charge is 2.28. The summed E-state index contributed by atoms with van der Waals surface area (Å²) in [6.45, 7) is 10.1. The first kappa shape index (κ1) is 20.9. The van der Waals surface area contributed by atoms with Gasteiger partial charge in [-0.05, 0) is 38.7 Å². The number of carbonyl (C=O) groups excluding carboxylic acids is 2. The van der Waals surface area contributed by atoms with E-state index in [1.54, 1.807) is 11.1 Å². The summed E-state index contributed by atoms with van der Waals surface area (Å²) in [5.41, 5.74) is 0.644. The molecule has 0 unspecified atom stereocenters. The molecule has 0 aromatic heterocycles. The molecule has 1 saturated heterocycles. The standard InChI is InChI=1S/C21H32N4O2/c1-4-7-11-18(21(27)23-17-9-8-10-17)20(22-12-5-2)25-15-13-24(14-16-25)19(26)6-3/h5-6,11-12,17H,3-4,7-10,13-16H2,1-2H3,(H,23,27)/b12-5-,18-11-,22-20-. The molecule has 1 N–H and O–H groups in total. The molecule has 0 aromatic rings. The molecule has 1 aliphatic carbocycles. The van der Waals surface area contributed by atoms with Gasteiger partial charge in [-0.25, -0.2) is 4.99 Å². The lowest BCUT2D eigenvalue weighted by atomic mass is 9.92. The predicted molar refractivity (Wildman–Crippen MR) is 109 cm³/mol. The number of allylic oxidation sites excluding steroid dienone is 2. The number of carbonyl (C=O) groups is 2. The summed E-state index contributed by atoms with van der Waals surface area (Å²) in [4.78, 5) is 33.2. The number of amides is 2. The average molecular weight is 373 g/mol. The molecule has 27 heavy (non-hydrogen) atoms. The van der Waals surface area contributed by atoms with Crippen molar-refractivity contribution in [2.75, 3.05) is 26.2 Å². The summed E-state index contributed by atoms with van der Waals surface area (Å²) in [6, 6.07) is 0.285. The van der Waals surface area contributed by atoms with Gasteiger partial charge in [0.2, 0.25) is 5.91 Å². The fourth-order valence-corrected chi connectivity index (χ4v) is 3.12. The Morgan fingerprint density at radius 2 is 1.85 bits per heavy atom. The summed E-state index contributed by atoms with van der Waals surface area (Å²) in [5, 5.41) is 3.14. The van der Waals surface area contributed by atoms with Crippen LogP contribution in [0.15, 0.2) is 41.6 Å². The number of aliphatic imine (C=N–C) groups is 1. The fourth-order valence-electron chi connectivity index (χ4n) is 3.12. The van der Waals surface area contributed by atoms with Crippen LogP contribution < -0.4 is 5.32 Å². The molecule has 0 aromatic carbocycles. The van der Waals surface area contributed by atoms with Crippen molar-refractivity contribution in [1.82, 2.24) is 15.1 Å². The lowest BCUT2D eigenvalue weighted by Crippen LogP contribution is -2.52. The van der Waals surface area contributed by atoms with E-state index in [1.165, 1.54) is 12.5 Å². The number of hydrogen-bond acceptors (Lipinski definition) is 3. The van der Waals surface area contributed by atoms with Gasteiger partial charge in [0.1, 0.15) is 5.84 Å². The van der Waals surface area contributed by atoms with Gasteiger partial charge in [-0.3, -0.25) is 9.59 Å². The van der Waals surface area contributed by atoms with Crippen LogP contribution in [0, 0.1) is 0 Å². The third-order valence-corrected chi connectivity index (χ3v) is 4.97. The minimum Gasteiger partial charge on any atom is -0.352 e. The van der Waals surface area contributed by atoms with Crippen LogP contribution in [-0.2, 0) is 9.59 Å². The molecule has 2 aliphatic rings. The number of nitrogens with zero attached hydrogens (tertiary/aromatic N) is 3. The van der Waals surface area contributed by atoms with Gasteiger partial charge in [-0.1, -0.05) is 32.1 Å². The highest BCUT2D eigenvalue weighted by molar-refractivity contribution is 6.20. The van der Waals surface area contributed by atoms with Crippen LogP contribution in [0.2, 0.25) is 0 Å². The van der Waals surface area contributed by atoms with Gasteiger partial charge in [-0.15, -0.1) is 0 Å². The van der Waals surface area contributed by atoms with Crippen LogP contribution in [0.3, 0.4) is 0 Å². The van der Waals surface area contributed by atoms with E-state index in [9.17, 15) is 9.59 Å². The van der Waals surface area contributed by atoms with Crippen LogP contribution in [-0.4, -0.2) is 59.7 Å². The quantitative estimate of drug-likeness (QED) is 0.424. The molecule has 2 rings (SSSR count). The van der Waals surface area contributed by atoms with Crippen molar-refractivity contribution in [3.05, 3.63) is 36.6 Å². The second kappa shape index (κ2) is 10.7. The lowest BCUT2D eigenvalue weighted by molar-refractivity contribution is -0.127. The summed E-state index contributed by atoms with van der Waals surface area (Å²) in [5.74, 6) is 0.608. The molecule has 6 nitrogen and oxygen atoms in total. The molecule has 0 spiro atoms. The van der Waals surface area contributed by atoms with Crippen LogP contribution in [0.1, 0.15) is 46.0 Å². The zero-order chi connectivity index (χ0) is 19.6. The van der Waals surface area contributed by atoms with Crippen molar-refractivity contribution in [1.29, 1.82) is 0 Å². The number of nitrogens with one attached hydrogen (secondary N) is 1. The van der Waals surface area contributed by atoms with Gasteiger partial charge >= 0.3 is 0 Å². The fraction of sp³-hybridized carbons (Fsp3) is 0.571. The van der Waals surface area contributed by atoms with E-state index in [4.69, 9.17) is 0 Å². The van der Waals surface area contributed by atoms with E-state index < -0.39 is 0 Å². The highest BCUT2D eigenvalue weighted by Crippen LogP contribution is 2.19. The van der Waals surface area contributed by atoms with Gasteiger partial charge in [0, 0.05) is 38.4 Å². The van der Waals surface area contributed by atoms with Crippen LogP contribution in [0.25, 0.3) is 0 Å². The Bertz CT molecular complexity index is 624. The molecule has 0 bridgehead atoms. The summed E-state index contributed by atoms with van der Waals surface area (Å²) >= 11 is 0. The first-order chi connectivity index (χ1) is 13.1. The Morgan fingerprint density at radius 1 is 1.19 bits per heavy atom. The Balaban J connectivity index is 2.19. The van der Waals surface area contributed by atoms with Crippen LogP contribution >= 0.6 is 0 Å².